The zero-order chi connectivity index (χ0) is 18.7. The number of imide groups is 1. The summed E-state index contributed by atoms with van der Waals surface area (Å²) in [5.74, 6) is -0.790. The fourth-order valence-electron chi connectivity index (χ4n) is 3.75. The Balaban J connectivity index is 1.54. The third-order valence-electron chi connectivity index (χ3n) is 5.21. The highest BCUT2D eigenvalue weighted by Gasteiger charge is 2.36. The third-order valence-corrected chi connectivity index (χ3v) is 5.21. The lowest BCUT2D eigenvalue weighted by molar-refractivity contribution is -0.122. The van der Waals surface area contributed by atoms with Crippen LogP contribution >= 0.6 is 0 Å². The standard InChI is InChI=1S/C20H23N3O3/c1-14-7-8-15-16(12-14)19(26)23(18(15)25)11-5-6-17(24)22-20(13-21)9-3-2-4-10-20/h7-8,12H,2-6,9-11H2,1H3,(H,22,24). The van der Waals surface area contributed by atoms with E-state index in [9.17, 15) is 19.6 Å². The van der Waals surface area contributed by atoms with E-state index < -0.39 is 5.54 Å². The minimum absolute atomic E-state index is 0.190. The molecule has 3 amide bonds. The number of nitrogens with one attached hydrogen (secondary N) is 1. The van der Waals surface area contributed by atoms with Gasteiger partial charge in [0.25, 0.3) is 11.8 Å². The fourth-order valence-corrected chi connectivity index (χ4v) is 3.75. The van der Waals surface area contributed by atoms with Crippen LogP contribution in [-0.2, 0) is 4.79 Å². The summed E-state index contributed by atoms with van der Waals surface area (Å²) >= 11 is 0. The summed E-state index contributed by atoms with van der Waals surface area (Å²) in [4.78, 5) is 38.2. The lowest BCUT2D eigenvalue weighted by Crippen LogP contribution is -2.48. The molecular weight excluding hydrogens is 330 g/mol. The Hall–Kier alpha value is -2.68. The molecule has 1 N–H and O–H groups in total. The molecule has 0 aromatic heterocycles. The van der Waals surface area contributed by atoms with Crippen molar-refractivity contribution < 1.29 is 14.4 Å². The van der Waals surface area contributed by atoms with Crippen LogP contribution in [-0.4, -0.2) is 34.7 Å². The zero-order valence-corrected chi connectivity index (χ0v) is 15.0. The maximum atomic E-state index is 12.4. The molecule has 1 aliphatic carbocycles. The average Bonchev–Trinajstić information content (AvgIpc) is 2.86. The molecule has 6 nitrogen and oxygen atoms in total. The molecule has 6 heteroatoms. The number of rotatable bonds is 5. The summed E-state index contributed by atoms with van der Waals surface area (Å²) in [6.45, 7) is 2.08. The van der Waals surface area contributed by atoms with E-state index in [1.54, 1.807) is 12.1 Å². The van der Waals surface area contributed by atoms with Crippen LogP contribution in [0, 0.1) is 18.3 Å². The van der Waals surface area contributed by atoms with E-state index in [4.69, 9.17) is 0 Å². The fraction of sp³-hybridized carbons (Fsp3) is 0.500. The van der Waals surface area contributed by atoms with Crippen molar-refractivity contribution in [2.45, 2.75) is 57.4 Å². The van der Waals surface area contributed by atoms with E-state index in [0.29, 0.717) is 30.4 Å². The predicted octanol–water partition coefficient (Wildman–Crippen LogP) is 2.71. The molecule has 1 aliphatic heterocycles. The van der Waals surface area contributed by atoms with Crippen LogP contribution in [0.1, 0.15) is 71.2 Å². The molecule has 0 atom stereocenters. The van der Waals surface area contributed by atoms with Crippen LogP contribution in [0.5, 0.6) is 0 Å². The number of benzene rings is 1. The molecule has 1 heterocycles. The SMILES string of the molecule is Cc1ccc2c(c1)C(=O)N(CCCC(=O)NC1(C#N)CCCCC1)C2=O. The van der Waals surface area contributed by atoms with Gasteiger partial charge in [-0.1, -0.05) is 30.9 Å². The Morgan fingerprint density at radius 2 is 1.88 bits per heavy atom. The second-order valence-electron chi connectivity index (χ2n) is 7.22. The van der Waals surface area contributed by atoms with Crippen molar-refractivity contribution in [3.05, 3.63) is 34.9 Å². The van der Waals surface area contributed by atoms with Gasteiger partial charge >= 0.3 is 0 Å². The number of hydrogen-bond donors (Lipinski definition) is 1. The first kappa shape index (κ1) is 18.1. The number of fused-ring (bicyclic) bond motifs is 1. The van der Waals surface area contributed by atoms with Crippen LogP contribution < -0.4 is 5.32 Å². The molecule has 0 saturated heterocycles. The number of hydrogen-bond acceptors (Lipinski definition) is 4. The van der Waals surface area contributed by atoms with Crippen molar-refractivity contribution in [2.24, 2.45) is 0 Å². The Bertz CT molecular complexity index is 788. The van der Waals surface area contributed by atoms with E-state index in [1.165, 1.54) is 4.90 Å². The van der Waals surface area contributed by atoms with Crippen molar-refractivity contribution in [3.8, 4) is 6.07 Å². The molecule has 136 valence electrons. The van der Waals surface area contributed by atoms with Gasteiger partial charge in [-0.15, -0.1) is 0 Å². The van der Waals surface area contributed by atoms with Crippen molar-refractivity contribution in [3.63, 3.8) is 0 Å². The summed E-state index contributed by atoms with van der Waals surface area (Å²) in [6.07, 6.45) is 4.94. The third kappa shape index (κ3) is 3.48. The topological polar surface area (TPSA) is 90.3 Å². The first-order valence-electron chi connectivity index (χ1n) is 9.15. The minimum Gasteiger partial charge on any atom is -0.338 e. The largest absolute Gasteiger partial charge is 0.338 e. The summed E-state index contributed by atoms with van der Waals surface area (Å²) in [5, 5.41) is 12.3. The molecule has 2 aliphatic rings. The van der Waals surface area contributed by atoms with Crippen LogP contribution in [0.15, 0.2) is 18.2 Å². The van der Waals surface area contributed by atoms with Gasteiger partial charge in [-0.3, -0.25) is 19.3 Å². The molecule has 26 heavy (non-hydrogen) atoms. The lowest BCUT2D eigenvalue weighted by Gasteiger charge is -2.31. The Morgan fingerprint density at radius 1 is 1.19 bits per heavy atom. The second-order valence-corrected chi connectivity index (χ2v) is 7.22. The zero-order valence-electron chi connectivity index (χ0n) is 15.0. The van der Waals surface area contributed by atoms with E-state index in [0.717, 1.165) is 24.8 Å². The van der Waals surface area contributed by atoms with Gasteiger partial charge in [-0.05, 0) is 38.3 Å². The number of amides is 3. The highest BCUT2D eigenvalue weighted by Crippen LogP contribution is 2.28. The summed E-state index contributed by atoms with van der Waals surface area (Å²) in [6, 6.07) is 7.47. The normalized spacial score (nSPS) is 18.4. The lowest BCUT2D eigenvalue weighted by atomic mass is 9.83. The van der Waals surface area contributed by atoms with Gasteiger partial charge in [0.05, 0.1) is 17.2 Å². The Kier molecular flexibility index (Phi) is 5.08. The number of nitriles is 1. The molecule has 0 spiro atoms. The maximum absolute atomic E-state index is 12.4. The van der Waals surface area contributed by atoms with E-state index in [1.807, 2.05) is 13.0 Å². The molecule has 1 aromatic rings. The van der Waals surface area contributed by atoms with E-state index in [-0.39, 0.29) is 30.7 Å². The molecular formula is C20H23N3O3. The molecule has 0 radical (unpaired) electrons. The Labute approximate surface area is 153 Å². The Morgan fingerprint density at radius 3 is 2.58 bits per heavy atom. The van der Waals surface area contributed by atoms with Crippen LogP contribution in [0.4, 0.5) is 0 Å². The van der Waals surface area contributed by atoms with Gasteiger partial charge in [-0.25, -0.2) is 0 Å². The van der Waals surface area contributed by atoms with Crippen molar-refractivity contribution in [1.29, 1.82) is 5.26 Å². The molecule has 0 unspecified atom stereocenters. The number of carbonyl (C=O) groups excluding carboxylic acids is 3. The quantitative estimate of drug-likeness (QED) is 0.824. The van der Waals surface area contributed by atoms with Crippen molar-refractivity contribution in [2.75, 3.05) is 6.54 Å². The van der Waals surface area contributed by atoms with Crippen molar-refractivity contribution in [1.82, 2.24) is 10.2 Å². The van der Waals surface area contributed by atoms with Gasteiger partial charge in [0, 0.05) is 13.0 Å². The second kappa shape index (κ2) is 7.28. The summed E-state index contributed by atoms with van der Waals surface area (Å²) < 4.78 is 0. The first-order valence-corrected chi connectivity index (χ1v) is 9.15. The minimum atomic E-state index is -0.748. The summed E-state index contributed by atoms with van der Waals surface area (Å²) in [7, 11) is 0. The molecule has 1 aromatic carbocycles. The smallest absolute Gasteiger partial charge is 0.261 e. The van der Waals surface area contributed by atoms with Gasteiger partial charge in [0.15, 0.2) is 0 Å². The highest BCUT2D eigenvalue weighted by molar-refractivity contribution is 6.21. The van der Waals surface area contributed by atoms with Gasteiger partial charge < -0.3 is 5.32 Å². The van der Waals surface area contributed by atoms with Gasteiger partial charge in [0.2, 0.25) is 5.91 Å². The monoisotopic (exact) mass is 353 g/mol. The van der Waals surface area contributed by atoms with Gasteiger partial charge in [0.1, 0.15) is 5.54 Å². The first-order chi connectivity index (χ1) is 12.5. The average molecular weight is 353 g/mol. The van der Waals surface area contributed by atoms with E-state index >= 15 is 0 Å². The number of nitrogens with zero attached hydrogens (tertiary/aromatic N) is 2. The van der Waals surface area contributed by atoms with Crippen molar-refractivity contribution >= 4 is 17.7 Å². The molecule has 0 bridgehead atoms. The van der Waals surface area contributed by atoms with Crippen LogP contribution in [0.2, 0.25) is 0 Å². The molecule has 1 fully saturated rings. The van der Waals surface area contributed by atoms with Crippen LogP contribution in [0.25, 0.3) is 0 Å². The van der Waals surface area contributed by atoms with Crippen LogP contribution in [0.3, 0.4) is 0 Å². The predicted molar refractivity (Wildman–Crippen MR) is 95.4 cm³/mol. The molecule has 1 saturated carbocycles. The maximum Gasteiger partial charge on any atom is 0.261 e. The number of aryl methyl sites for hydroxylation is 1. The highest BCUT2D eigenvalue weighted by atomic mass is 16.2. The number of carbonyl (C=O) groups is 3. The van der Waals surface area contributed by atoms with E-state index in [2.05, 4.69) is 11.4 Å². The molecule has 3 rings (SSSR count). The van der Waals surface area contributed by atoms with Gasteiger partial charge in [-0.2, -0.15) is 5.26 Å². The summed E-state index contributed by atoms with van der Waals surface area (Å²) in [5.41, 5.74) is 1.05.